The number of nitrogens with one attached hydrogen (secondary N) is 1. The minimum Gasteiger partial charge on any atom is -0.376 e. The van der Waals surface area contributed by atoms with Crippen molar-refractivity contribution in [3.63, 3.8) is 0 Å². The maximum Gasteiger partial charge on any atom is 0.267 e. The molecule has 2 aromatic rings. The highest BCUT2D eigenvalue weighted by Gasteiger charge is 2.43. The first-order chi connectivity index (χ1) is 16.4. The predicted molar refractivity (Wildman–Crippen MR) is 136 cm³/mol. The van der Waals surface area contributed by atoms with Crippen molar-refractivity contribution in [2.75, 3.05) is 29.9 Å². The van der Waals surface area contributed by atoms with E-state index >= 15 is 0 Å². The fraction of sp³-hybridized carbons (Fsp3) is 0.280. The smallest absolute Gasteiger partial charge is 0.267 e. The molecule has 0 unspecified atom stereocenters. The third-order valence-corrected chi connectivity index (χ3v) is 7.46. The van der Waals surface area contributed by atoms with E-state index in [2.05, 4.69) is 5.32 Å². The highest BCUT2D eigenvalue weighted by atomic mass is 32.2. The first-order valence-corrected chi connectivity index (χ1v) is 12.3. The first-order valence-electron chi connectivity index (χ1n) is 11.1. The zero-order valence-corrected chi connectivity index (χ0v) is 20.2. The van der Waals surface area contributed by atoms with E-state index in [0.29, 0.717) is 44.9 Å². The summed E-state index contributed by atoms with van der Waals surface area (Å²) in [6.07, 6.45) is 1.81. The average molecular weight is 494 g/mol. The zero-order valence-electron chi connectivity index (χ0n) is 18.6. The maximum absolute atomic E-state index is 13.5. The fourth-order valence-corrected chi connectivity index (χ4v) is 5.77. The van der Waals surface area contributed by atoms with Gasteiger partial charge >= 0.3 is 0 Å². The normalized spacial score (nSPS) is 22.0. The molecule has 9 heteroatoms. The minimum absolute atomic E-state index is 0.0415. The average Bonchev–Trinajstić information content (AvgIpc) is 3.49. The van der Waals surface area contributed by atoms with Crippen molar-refractivity contribution in [1.29, 1.82) is 0 Å². The minimum atomic E-state index is -0.377. The van der Waals surface area contributed by atoms with Crippen LogP contribution >= 0.6 is 24.0 Å². The third-order valence-electron chi connectivity index (χ3n) is 6.01. The van der Waals surface area contributed by atoms with E-state index in [1.54, 1.807) is 18.2 Å². The number of hydrogen-bond donors (Lipinski definition) is 1. The van der Waals surface area contributed by atoms with E-state index in [9.17, 15) is 14.4 Å². The van der Waals surface area contributed by atoms with Crippen LogP contribution in [0.5, 0.6) is 0 Å². The number of carbonyl (C=O) groups excluding carboxylic acids is 3. The summed E-state index contributed by atoms with van der Waals surface area (Å²) in [4.78, 5) is 42.9. The molecule has 0 bridgehead atoms. The van der Waals surface area contributed by atoms with Gasteiger partial charge in [0.15, 0.2) is 0 Å². The van der Waals surface area contributed by atoms with Gasteiger partial charge in [-0.1, -0.05) is 54.3 Å². The molecule has 0 spiro atoms. The lowest BCUT2D eigenvalue weighted by Crippen LogP contribution is -2.36. The van der Waals surface area contributed by atoms with Gasteiger partial charge in [-0.15, -0.1) is 0 Å². The number of ether oxygens (including phenoxy) is 1. The number of aryl methyl sites for hydroxylation is 1. The molecule has 3 aliphatic rings. The number of rotatable bonds is 5. The van der Waals surface area contributed by atoms with E-state index in [-0.39, 0.29) is 30.4 Å². The summed E-state index contributed by atoms with van der Waals surface area (Å²) < 4.78 is 6.09. The lowest BCUT2D eigenvalue weighted by atomic mass is 10.1. The summed E-state index contributed by atoms with van der Waals surface area (Å²) in [6.45, 7) is 2.85. The quantitative estimate of drug-likeness (QED) is 0.505. The van der Waals surface area contributed by atoms with Gasteiger partial charge in [-0.25, -0.2) is 0 Å². The number of thioether (sulfide) groups is 1. The first kappa shape index (κ1) is 22.8. The number of carbonyl (C=O) groups is 3. The Hall–Kier alpha value is -3.01. The lowest BCUT2D eigenvalue weighted by Gasteiger charge is -2.18. The molecule has 1 atom stereocenters. The van der Waals surface area contributed by atoms with Crippen molar-refractivity contribution in [3.05, 3.63) is 64.6 Å². The molecule has 174 valence electrons. The summed E-state index contributed by atoms with van der Waals surface area (Å²) in [5.41, 5.74) is 3.22. The number of amides is 3. The molecular formula is C25H23N3O4S2. The maximum atomic E-state index is 13.5. The second-order valence-electron chi connectivity index (χ2n) is 8.45. The molecule has 34 heavy (non-hydrogen) atoms. The molecule has 2 aromatic carbocycles. The highest BCUT2D eigenvalue weighted by molar-refractivity contribution is 8.26. The molecule has 2 saturated heterocycles. The Bertz CT molecular complexity index is 1240. The summed E-state index contributed by atoms with van der Waals surface area (Å²) in [6, 6.07) is 14.7. The predicted octanol–water partition coefficient (Wildman–Crippen LogP) is 3.73. The van der Waals surface area contributed by atoms with Gasteiger partial charge in [-0.05, 0) is 43.5 Å². The number of hydrogen-bond acceptors (Lipinski definition) is 6. The van der Waals surface area contributed by atoms with Crippen LogP contribution in [-0.2, 0) is 19.1 Å². The van der Waals surface area contributed by atoms with Gasteiger partial charge in [0.1, 0.15) is 10.9 Å². The van der Waals surface area contributed by atoms with E-state index in [1.165, 1.54) is 9.80 Å². The van der Waals surface area contributed by atoms with Crippen molar-refractivity contribution >= 4 is 63.0 Å². The molecule has 0 radical (unpaired) electrons. The molecule has 2 fully saturated rings. The van der Waals surface area contributed by atoms with Crippen LogP contribution < -0.4 is 10.2 Å². The Morgan fingerprint density at radius 2 is 1.97 bits per heavy atom. The van der Waals surface area contributed by atoms with Crippen molar-refractivity contribution in [1.82, 2.24) is 4.90 Å². The molecule has 7 nitrogen and oxygen atoms in total. The number of nitrogens with zero attached hydrogens (tertiary/aromatic N) is 2. The Balaban J connectivity index is 1.41. The van der Waals surface area contributed by atoms with E-state index in [0.717, 1.165) is 30.2 Å². The largest absolute Gasteiger partial charge is 0.376 e. The number of thiocarbonyl (C=S) groups is 1. The summed E-state index contributed by atoms with van der Waals surface area (Å²) in [7, 11) is 0. The van der Waals surface area contributed by atoms with Crippen molar-refractivity contribution in [2.45, 2.75) is 25.9 Å². The van der Waals surface area contributed by atoms with Crippen LogP contribution in [0.15, 0.2) is 53.4 Å². The summed E-state index contributed by atoms with van der Waals surface area (Å²) in [5.74, 6) is -0.978. The van der Waals surface area contributed by atoms with E-state index in [4.69, 9.17) is 17.0 Å². The van der Waals surface area contributed by atoms with E-state index < -0.39 is 0 Å². The van der Waals surface area contributed by atoms with Crippen LogP contribution in [0.4, 0.5) is 11.4 Å². The van der Waals surface area contributed by atoms with Crippen molar-refractivity contribution < 1.29 is 19.1 Å². The topological polar surface area (TPSA) is 79.0 Å². The second kappa shape index (κ2) is 9.32. The van der Waals surface area contributed by atoms with Crippen LogP contribution in [0.25, 0.3) is 5.57 Å². The van der Waals surface area contributed by atoms with Crippen LogP contribution in [0, 0.1) is 6.92 Å². The van der Waals surface area contributed by atoms with Gasteiger partial charge in [0, 0.05) is 17.9 Å². The second-order valence-corrected chi connectivity index (χ2v) is 10.1. The number of benzene rings is 2. The van der Waals surface area contributed by atoms with Gasteiger partial charge in [0.05, 0.1) is 28.8 Å². The monoisotopic (exact) mass is 493 g/mol. The van der Waals surface area contributed by atoms with Gasteiger partial charge in [0.25, 0.3) is 11.8 Å². The molecule has 3 heterocycles. The van der Waals surface area contributed by atoms with Crippen molar-refractivity contribution in [2.24, 2.45) is 0 Å². The molecule has 3 aliphatic heterocycles. The Morgan fingerprint density at radius 1 is 1.15 bits per heavy atom. The summed E-state index contributed by atoms with van der Waals surface area (Å²) in [5, 5.41) is 2.84. The summed E-state index contributed by atoms with van der Waals surface area (Å²) >= 11 is 6.61. The molecular weight excluding hydrogens is 470 g/mol. The molecule has 1 N–H and O–H groups in total. The van der Waals surface area contributed by atoms with Crippen LogP contribution in [0.2, 0.25) is 0 Å². The number of fused-ring (bicyclic) bond motifs is 1. The molecule has 3 amide bonds. The van der Waals surface area contributed by atoms with E-state index in [1.807, 2.05) is 37.3 Å². The molecule has 0 saturated carbocycles. The molecule has 0 aliphatic carbocycles. The van der Waals surface area contributed by atoms with Crippen LogP contribution in [-0.4, -0.2) is 52.7 Å². The highest BCUT2D eigenvalue weighted by Crippen LogP contribution is 2.44. The van der Waals surface area contributed by atoms with Crippen LogP contribution in [0.1, 0.15) is 24.0 Å². The fourth-order valence-electron chi connectivity index (χ4n) is 4.42. The van der Waals surface area contributed by atoms with Gasteiger partial charge in [-0.2, -0.15) is 0 Å². The molecule has 0 aromatic heterocycles. The number of para-hydroxylation sites is 1. The lowest BCUT2D eigenvalue weighted by molar-refractivity contribution is -0.123. The number of anilines is 2. The van der Waals surface area contributed by atoms with Gasteiger partial charge in [-0.3, -0.25) is 24.2 Å². The van der Waals surface area contributed by atoms with Gasteiger partial charge < -0.3 is 10.1 Å². The third kappa shape index (κ3) is 4.26. The van der Waals surface area contributed by atoms with Gasteiger partial charge in [0.2, 0.25) is 5.91 Å². The van der Waals surface area contributed by atoms with Crippen molar-refractivity contribution in [3.8, 4) is 0 Å². The zero-order chi connectivity index (χ0) is 23.8. The Kier molecular flexibility index (Phi) is 6.24. The molecule has 5 rings (SSSR count). The standard InChI is InChI=1S/C25H23N3O4S2/c1-15-6-4-7-16(12-15)26-20(29)14-27-19-10-3-2-9-18(19)21(23(27)30)22-24(31)28(25(33)34-22)13-17-8-5-11-32-17/h2-4,6-7,9-10,12,17H,5,8,11,13-14H2,1H3,(H,26,29)/b22-21-/t17-/m0/s1. The SMILES string of the molecule is Cc1cccc(NC(=O)CN2C(=O)/C(=C3\SC(=S)N(C[C@@H]4CCCO4)C3=O)c3ccccc32)c1. The Labute approximate surface area is 207 Å². The van der Waals surface area contributed by atoms with Crippen LogP contribution in [0.3, 0.4) is 0 Å². The Morgan fingerprint density at radius 3 is 2.74 bits per heavy atom.